The lowest BCUT2D eigenvalue weighted by Crippen LogP contribution is -2.52. The van der Waals surface area contributed by atoms with Gasteiger partial charge in [0.05, 0.1) is 25.4 Å². The third-order valence-electron chi connectivity index (χ3n) is 12.8. The predicted octanol–water partition coefficient (Wildman–Crippen LogP) is 2.34. The first kappa shape index (κ1) is 32.5. The average molecular weight is 595 g/mol. The lowest BCUT2D eigenvalue weighted by molar-refractivity contribution is -0.272. The summed E-state index contributed by atoms with van der Waals surface area (Å²) in [6.07, 6.45) is 6.62. The van der Waals surface area contributed by atoms with Crippen LogP contribution in [0.2, 0.25) is 0 Å². The standard InChI is InChI=1S/C27H42O3.C6H12O6/c1-16-7-12-27(29-15-16)17(2)24-23(30-27)14-22-20-6-5-18-13-19(28)8-10-25(18,3)21(20)9-11-26(22,24)4;7-1-3(9)5(11)6(12)4(10)2-8/h5,16-17,19-24,28H,6-15H2,1-4H3;1,3-6,8-12H,2H2/t16-,17+,19+,20-,21+,22+,23+,24+,25+,26+,27-;3-,4+,5+,6+/m10/s1. The zero-order valence-electron chi connectivity index (χ0n) is 25.8. The molecule has 2 heterocycles. The second kappa shape index (κ2) is 12.1. The van der Waals surface area contributed by atoms with Gasteiger partial charge in [0.25, 0.3) is 0 Å². The Bertz CT molecular complexity index is 994. The molecular formula is C33H54O9. The zero-order chi connectivity index (χ0) is 30.6. The highest BCUT2D eigenvalue weighted by Gasteiger charge is 2.68. The van der Waals surface area contributed by atoms with Gasteiger partial charge in [0.15, 0.2) is 12.1 Å². The molecule has 15 atom stereocenters. The highest BCUT2D eigenvalue weighted by molar-refractivity contribution is 5.56. The summed E-state index contributed by atoms with van der Waals surface area (Å²) in [6, 6.07) is 0. The van der Waals surface area contributed by atoms with Crippen LogP contribution in [0.1, 0.15) is 85.5 Å². The molecule has 9 nitrogen and oxygen atoms in total. The fourth-order valence-corrected chi connectivity index (χ4v) is 10.3. The van der Waals surface area contributed by atoms with E-state index in [-0.39, 0.29) is 18.2 Å². The van der Waals surface area contributed by atoms with Crippen molar-refractivity contribution in [2.75, 3.05) is 13.2 Å². The molecule has 9 heteroatoms. The Balaban J connectivity index is 0.000000252. The van der Waals surface area contributed by atoms with Gasteiger partial charge in [-0.1, -0.05) is 39.3 Å². The third-order valence-corrected chi connectivity index (χ3v) is 12.8. The molecular weight excluding hydrogens is 540 g/mol. The minimum absolute atomic E-state index is 0.0258. The van der Waals surface area contributed by atoms with Gasteiger partial charge in [0.1, 0.15) is 24.4 Å². The van der Waals surface area contributed by atoms with Crippen LogP contribution in [-0.4, -0.2) is 92.5 Å². The van der Waals surface area contributed by atoms with E-state index in [1.54, 1.807) is 5.57 Å². The van der Waals surface area contributed by atoms with Gasteiger partial charge in [-0.05, 0) is 91.8 Å². The molecule has 6 rings (SSSR count). The van der Waals surface area contributed by atoms with Gasteiger partial charge in [-0.3, -0.25) is 0 Å². The first-order chi connectivity index (χ1) is 19.8. The van der Waals surface area contributed by atoms with Crippen LogP contribution in [0.5, 0.6) is 0 Å². The van der Waals surface area contributed by atoms with Crippen molar-refractivity contribution >= 4 is 6.29 Å². The average Bonchev–Trinajstić information content (AvgIpc) is 3.43. The van der Waals surface area contributed by atoms with Crippen molar-refractivity contribution in [3.05, 3.63) is 11.6 Å². The first-order valence-corrected chi connectivity index (χ1v) is 16.3. The molecule has 0 amide bonds. The summed E-state index contributed by atoms with van der Waals surface area (Å²) in [5.41, 5.74) is 2.31. The quantitative estimate of drug-likeness (QED) is 0.208. The van der Waals surface area contributed by atoms with Crippen molar-refractivity contribution in [3.8, 4) is 0 Å². The maximum absolute atomic E-state index is 10.3. The van der Waals surface area contributed by atoms with Crippen LogP contribution in [0.4, 0.5) is 0 Å². The summed E-state index contributed by atoms with van der Waals surface area (Å²) in [5, 5.41) is 53.8. The molecule has 2 saturated heterocycles. The van der Waals surface area contributed by atoms with Gasteiger partial charge >= 0.3 is 0 Å². The van der Waals surface area contributed by atoms with Gasteiger partial charge in [-0.15, -0.1) is 0 Å². The van der Waals surface area contributed by atoms with Crippen molar-refractivity contribution in [3.63, 3.8) is 0 Å². The molecule has 5 fully saturated rings. The molecule has 0 aromatic carbocycles. The Morgan fingerprint density at radius 3 is 2.40 bits per heavy atom. The number of aliphatic hydroxyl groups excluding tert-OH is 6. The van der Waals surface area contributed by atoms with Crippen molar-refractivity contribution in [1.29, 1.82) is 0 Å². The molecule has 0 bridgehead atoms. The van der Waals surface area contributed by atoms with Crippen LogP contribution in [0.3, 0.4) is 0 Å². The molecule has 6 aliphatic rings. The number of aliphatic hydroxyl groups is 6. The van der Waals surface area contributed by atoms with E-state index in [9.17, 15) is 9.90 Å². The normalized spacial score (nSPS) is 48.8. The fourth-order valence-electron chi connectivity index (χ4n) is 10.3. The van der Waals surface area contributed by atoms with Crippen molar-refractivity contribution in [2.24, 2.45) is 46.3 Å². The van der Waals surface area contributed by atoms with Crippen LogP contribution < -0.4 is 0 Å². The maximum Gasteiger partial charge on any atom is 0.171 e. The van der Waals surface area contributed by atoms with E-state index in [4.69, 9.17) is 35.0 Å². The molecule has 1 spiro atoms. The minimum atomic E-state index is -1.79. The number of aldehydes is 1. The van der Waals surface area contributed by atoms with Crippen molar-refractivity contribution < 1.29 is 44.9 Å². The number of hydrogen-bond donors (Lipinski definition) is 6. The first-order valence-electron chi connectivity index (χ1n) is 16.3. The minimum Gasteiger partial charge on any atom is -0.394 e. The third kappa shape index (κ3) is 5.34. The number of allylic oxidation sites excluding steroid dienone is 1. The number of carbonyl (C=O) groups excluding carboxylic acids is 1. The molecule has 42 heavy (non-hydrogen) atoms. The predicted molar refractivity (Wildman–Crippen MR) is 155 cm³/mol. The molecule has 0 unspecified atom stereocenters. The topological polar surface area (TPSA) is 157 Å². The number of fused-ring (bicyclic) bond motifs is 7. The van der Waals surface area contributed by atoms with E-state index < -0.39 is 31.0 Å². The SMILES string of the molecule is C[C@@H]1CC[C@@]2(OC1)O[C@H]1C[C@H]3[C@@H]4CC=C5C[C@@H](O)CC[C@]5(C)[C@H]4CC[C@]3(C)[C@H]1[C@@H]2C.O=C[C@H](O)[C@@H](O)[C@H](O)[C@H](O)CO. The summed E-state index contributed by atoms with van der Waals surface area (Å²) in [4.78, 5) is 9.90. The number of carbonyl (C=O) groups is 1. The lowest BCUT2D eigenvalue weighted by atomic mass is 9.47. The summed E-state index contributed by atoms with van der Waals surface area (Å²) in [6.45, 7) is 10.0. The Morgan fingerprint density at radius 2 is 1.76 bits per heavy atom. The number of rotatable bonds is 5. The fraction of sp³-hybridized carbons (Fsp3) is 0.909. The Labute approximate surface area is 250 Å². The van der Waals surface area contributed by atoms with Crippen LogP contribution in [0, 0.1) is 46.3 Å². The lowest BCUT2D eigenvalue weighted by Gasteiger charge is -2.58. The van der Waals surface area contributed by atoms with E-state index in [1.807, 2.05) is 0 Å². The summed E-state index contributed by atoms with van der Waals surface area (Å²) in [7, 11) is 0. The van der Waals surface area contributed by atoms with Crippen molar-refractivity contribution in [2.45, 2.75) is 128 Å². The smallest absolute Gasteiger partial charge is 0.171 e. The highest BCUT2D eigenvalue weighted by Crippen LogP contribution is 2.70. The van der Waals surface area contributed by atoms with E-state index in [1.165, 1.54) is 38.5 Å². The van der Waals surface area contributed by atoms with Gasteiger partial charge in [0.2, 0.25) is 0 Å². The van der Waals surface area contributed by atoms with Gasteiger partial charge in [-0.2, -0.15) is 0 Å². The van der Waals surface area contributed by atoms with Gasteiger partial charge in [-0.25, -0.2) is 0 Å². The van der Waals surface area contributed by atoms with Crippen LogP contribution in [0.25, 0.3) is 0 Å². The van der Waals surface area contributed by atoms with Crippen molar-refractivity contribution in [1.82, 2.24) is 0 Å². The Hall–Kier alpha value is -0.910. The molecule has 3 saturated carbocycles. The van der Waals surface area contributed by atoms with E-state index >= 15 is 0 Å². The summed E-state index contributed by atoms with van der Waals surface area (Å²) >= 11 is 0. The highest BCUT2D eigenvalue weighted by atomic mass is 16.7. The molecule has 0 aromatic heterocycles. The Kier molecular flexibility index (Phi) is 9.37. The van der Waals surface area contributed by atoms with E-state index in [0.717, 1.165) is 43.6 Å². The van der Waals surface area contributed by atoms with Crippen LogP contribution in [-0.2, 0) is 14.3 Å². The molecule has 6 N–H and O–H groups in total. The summed E-state index contributed by atoms with van der Waals surface area (Å²) < 4.78 is 13.3. The zero-order valence-corrected chi connectivity index (χ0v) is 25.8. The molecule has 0 radical (unpaired) electrons. The molecule has 2 aliphatic heterocycles. The number of ether oxygens (including phenoxy) is 2. The van der Waals surface area contributed by atoms with Crippen LogP contribution >= 0.6 is 0 Å². The van der Waals surface area contributed by atoms with Crippen LogP contribution in [0.15, 0.2) is 11.6 Å². The largest absolute Gasteiger partial charge is 0.394 e. The van der Waals surface area contributed by atoms with E-state index in [0.29, 0.717) is 34.7 Å². The molecule has 240 valence electrons. The summed E-state index contributed by atoms with van der Waals surface area (Å²) in [5.74, 6) is 3.94. The van der Waals surface area contributed by atoms with Gasteiger partial charge in [0, 0.05) is 12.3 Å². The molecule has 4 aliphatic carbocycles. The second-order valence-electron chi connectivity index (χ2n) is 15.0. The van der Waals surface area contributed by atoms with Gasteiger partial charge < -0.3 is 44.9 Å². The maximum atomic E-state index is 10.3. The van der Waals surface area contributed by atoms with E-state index in [2.05, 4.69) is 33.8 Å². The Morgan fingerprint density at radius 1 is 1.02 bits per heavy atom. The monoisotopic (exact) mass is 594 g/mol. The molecule has 0 aromatic rings. The second-order valence-corrected chi connectivity index (χ2v) is 15.0. The number of hydrogen-bond acceptors (Lipinski definition) is 9.